The summed E-state index contributed by atoms with van der Waals surface area (Å²) in [4.78, 5) is 17.4. The number of carbonyl (C=O) groups is 1. The van der Waals surface area contributed by atoms with Gasteiger partial charge in [-0.25, -0.2) is 9.82 Å². The second kappa shape index (κ2) is 10.2. The summed E-state index contributed by atoms with van der Waals surface area (Å²) in [6.07, 6.45) is 4.14. The number of hydrogen-bond donors (Lipinski definition) is 4. The molecule has 0 aromatic heterocycles. The van der Waals surface area contributed by atoms with Crippen LogP contribution in [0.2, 0.25) is 0 Å². The highest BCUT2D eigenvalue weighted by molar-refractivity contribution is 5.98. The monoisotopic (exact) mass is 411 g/mol. The molecule has 1 aliphatic carbocycles. The van der Waals surface area contributed by atoms with Crippen LogP contribution >= 0.6 is 0 Å². The van der Waals surface area contributed by atoms with Gasteiger partial charge in [0, 0.05) is 12.6 Å². The molecule has 0 bridgehead atoms. The molecule has 8 heteroatoms. The molecule has 3 fully saturated rings. The molecule has 0 spiro atoms. The van der Waals surface area contributed by atoms with E-state index in [1.165, 1.54) is 0 Å². The quantitative estimate of drug-likeness (QED) is 0.412. The molecule has 5 unspecified atom stereocenters. The van der Waals surface area contributed by atoms with Gasteiger partial charge in [-0.05, 0) is 64.2 Å². The number of rotatable bonds is 5. The van der Waals surface area contributed by atoms with Crippen LogP contribution in [0.5, 0.6) is 0 Å². The summed E-state index contributed by atoms with van der Waals surface area (Å²) in [6, 6.07) is 0.311. The van der Waals surface area contributed by atoms with Gasteiger partial charge in [-0.2, -0.15) is 0 Å². The Balaban J connectivity index is 1.55. The predicted octanol–water partition coefficient (Wildman–Crippen LogP) is 2.24. The molecule has 1 saturated carbocycles. The van der Waals surface area contributed by atoms with E-state index in [0.29, 0.717) is 43.2 Å². The minimum absolute atomic E-state index is 0.0227. The van der Waals surface area contributed by atoms with Gasteiger partial charge in [0.05, 0.1) is 24.3 Å². The first-order valence-electron chi connectivity index (χ1n) is 11.2. The van der Waals surface area contributed by atoms with Gasteiger partial charge in [-0.3, -0.25) is 20.5 Å². The number of hydrogen-bond acceptors (Lipinski definition) is 5. The van der Waals surface area contributed by atoms with E-state index in [1.807, 2.05) is 13.8 Å². The maximum atomic E-state index is 13.4. The predicted molar refractivity (Wildman–Crippen MR) is 112 cm³/mol. The van der Waals surface area contributed by atoms with Crippen molar-refractivity contribution in [3.05, 3.63) is 0 Å². The Hall–Kier alpha value is -1.25. The molecule has 2 heterocycles. The van der Waals surface area contributed by atoms with Crippen LogP contribution < -0.4 is 21.5 Å². The number of alkyl halides is 1. The standard InChI is InChI=1S/C21H38FN5O2/c1-12(2)11-23-21(25-20(28)17-9-13(3)29-14(17)4)24-19-10-18(26-27-19)15-5-7-16(22)8-6-15/h12-19,26-27H,5-11H2,1-4H3,(H2,23,24,25,28). The van der Waals surface area contributed by atoms with Gasteiger partial charge in [0.15, 0.2) is 5.96 Å². The van der Waals surface area contributed by atoms with E-state index in [9.17, 15) is 9.18 Å². The van der Waals surface area contributed by atoms with Crippen molar-refractivity contribution in [2.24, 2.45) is 22.7 Å². The van der Waals surface area contributed by atoms with Crippen molar-refractivity contribution in [2.45, 2.75) is 96.8 Å². The van der Waals surface area contributed by atoms with E-state index in [4.69, 9.17) is 4.74 Å². The smallest absolute Gasteiger partial charge is 0.232 e. The lowest BCUT2D eigenvalue weighted by atomic mass is 9.82. The van der Waals surface area contributed by atoms with Crippen molar-refractivity contribution >= 4 is 11.9 Å². The fourth-order valence-electron chi connectivity index (χ4n) is 4.62. The summed E-state index contributed by atoms with van der Waals surface area (Å²) in [7, 11) is 0. The summed E-state index contributed by atoms with van der Waals surface area (Å²) in [5.74, 6) is 1.21. The molecule has 29 heavy (non-hydrogen) atoms. The molecule has 2 saturated heterocycles. The number of halogens is 1. The van der Waals surface area contributed by atoms with E-state index in [2.05, 4.69) is 40.3 Å². The largest absolute Gasteiger partial charge is 0.375 e. The maximum Gasteiger partial charge on any atom is 0.232 e. The fourth-order valence-corrected chi connectivity index (χ4v) is 4.62. The highest BCUT2D eigenvalue weighted by Crippen LogP contribution is 2.31. The minimum Gasteiger partial charge on any atom is -0.375 e. The van der Waals surface area contributed by atoms with Gasteiger partial charge >= 0.3 is 0 Å². The average Bonchev–Trinajstić information content (AvgIpc) is 3.26. The Morgan fingerprint density at radius 1 is 1.17 bits per heavy atom. The van der Waals surface area contributed by atoms with Crippen molar-refractivity contribution in [1.29, 1.82) is 0 Å². The first kappa shape index (κ1) is 22.4. The minimum atomic E-state index is -0.635. The van der Waals surface area contributed by atoms with Crippen LogP contribution in [0.15, 0.2) is 4.99 Å². The third-order valence-electron chi connectivity index (χ3n) is 6.31. The van der Waals surface area contributed by atoms with Gasteiger partial charge < -0.3 is 10.1 Å². The molecule has 3 aliphatic rings. The third-order valence-corrected chi connectivity index (χ3v) is 6.31. The van der Waals surface area contributed by atoms with Gasteiger partial charge in [-0.1, -0.05) is 13.8 Å². The summed E-state index contributed by atoms with van der Waals surface area (Å²) in [5.41, 5.74) is 6.64. The Labute approximate surface area is 174 Å². The van der Waals surface area contributed by atoms with Gasteiger partial charge in [0.1, 0.15) is 6.17 Å². The fraction of sp³-hybridized carbons (Fsp3) is 0.905. The molecule has 0 aromatic carbocycles. The topological polar surface area (TPSA) is 86.8 Å². The van der Waals surface area contributed by atoms with Gasteiger partial charge in [0.2, 0.25) is 5.91 Å². The van der Waals surface area contributed by atoms with Crippen molar-refractivity contribution < 1.29 is 13.9 Å². The Morgan fingerprint density at radius 3 is 2.52 bits per heavy atom. The lowest BCUT2D eigenvalue weighted by molar-refractivity contribution is -0.124. The van der Waals surface area contributed by atoms with Crippen molar-refractivity contribution in [3.63, 3.8) is 0 Å². The Bertz CT molecular complexity index is 579. The summed E-state index contributed by atoms with van der Waals surface area (Å²) in [5, 5.41) is 6.35. The molecular formula is C21H38FN5O2. The maximum absolute atomic E-state index is 13.4. The lowest BCUT2D eigenvalue weighted by Crippen LogP contribution is -2.52. The van der Waals surface area contributed by atoms with E-state index in [1.54, 1.807) is 0 Å². The summed E-state index contributed by atoms with van der Waals surface area (Å²) in [6.45, 7) is 8.79. The zero-order valence-corrected chi connectivity index (χ0v) is 18.2. The Kier molecular flexibility index (Phi) is 7.87. The summed E-state index contributed by atoms with van der Waals surface area (Å²) < 4.78 is 19.2. The second-order valence-corrected chi connectivity index (χ2v) is 9.41. The van der Waals surface area contributed by atoms with E-state index in [-0.39, 0.29) is 30.2 Å². The highest BCUT2D eigenvalue weighted by Gasteiger charge is 2.36. The first-order valence-corrected chi connectivity index (χ1v) is 11.2. The summed E-state index contributed by atoms with van der Waals surface area (Å²) >= 11 is 0. The number of amides is 1. The molecule has 0 aromatic rings. The molecule has 7 nitrogen and oxygen atoms in total. The number of aliphatic imine (C=N–C) groups is 1. The number of carbonyl (C=O) groups excluding carboxylic acids is 1. The van der Waals surface area contributed by atoms with Crippen LogP contribution in [0, 0.1) is 17.8 Å². The molecule has 2 aliphatic heterocycles. The zero-order valence-electron chi connectivity index (χ0n) is 18.2. The second-order valence-electron chi connectivity index (χ2n) is 9.41. The molecule has 0 radical (unpaired) electrons. The van der Waals surface area contributed by atoms with Gasteiger partial charge in [0.25, 0.3) is 0 Å². The highest BCUT2D eigenvalue weighted by atomic mass is 19.1. The third kappa shape index (κ3) is 6.36. The molecule has 3 rings (SSSR count). The van der Waals surface area contributed by atoms with E-state index in [0.717, 1.165) is 25.7 Å². The normalized spacial score (nSPS) is 38.4. The van der Waals surface area contributed by atoms with E-state index < -0.39 is 6.17 Å². The first-order chi connectivity index (χ1) is 13.8. The SMILES string of the molecule is CC(C)CN=C(NC(=O)C1CC(C)OC1C)NC1CC(C2CCC(F)CC2)NN1. The van der Waals surface area contributed by atoms with Crippen LogP contribution in [0.25, 0.3) is 0 Å². The lowest BCUT2D eigenvalue weighted by Gasteiger charge is -2.28. The van der Waals surface area contributed by atoms with Crippen LogP contribution in [-0.2, 0) is 9.53 Å². The number of nitrogens with zero attached hydrogens (tertiary/aromatic N) is 1. The number of nitrogens with one attached hydrogen (secondary N) is 4. The van der Waals surface area contributed by atoms with Crippen LogP contribution in [0.1, 0.15) is 66.2 Å². The zero-order chi connectivity index (χ0) is 21.0. The molecular weight excluding hydrogens is 373 g/mol. The number of hydrazine groups is 1. The van der Waals surface area contributed by atoms with Crippen LogP contribution in [0.3, 0.4) is 0 Å². The number of guanidine groups is 1. The van der Waals surface area contributed by atoms with Crippen LogP contribution in [-0.4, -0.2) is 49.0 Å². The van der Waals surface area contributed by atoms with Crippen LogP contribution in [0.4, 0.5) is 4.39 Å². The van der Waals surface area contributed by atoms with Crippen molar-refractivity contribution in [3.8, 4) is 0 Å². The molecule has 166 valence electrons. The Morgan fingerprint density at radius 2 is 1.90 bits per heavy atom. The molecule has 4 N–H and O–H groups in total. The van der Waals surface area contributed by atoms with Crippen molar-refractivity contribution in [1.82, 2.24) is 21.5 Å². The molecule has 5 atom stereocenters. The van der Waals surface area contributed by atoms with Gasteiger partial charge in [-0.15, -0.1) is 0 Å². The average molecular weight is 412 g/mol. The van der Waals surface area contributed by atoms with E-state index >= 15 is 0 Å². The molecule has 1 amide bonds. The van der Waals surface area contributed by atoms with Crippen molar-refractivity contribution in [2.75, 3.05) is 6.54 Å². The number of ether oxygens (including phenoxy) is 1.